The Labute approximate surface area is 194 Å². The normalized spacial score (nSPS) is 15.8. The SMILES string of the molecule is Cc1cc(Nc2ncccc2C)cc(C2CCCN2C(=O)CCc2c[nH]c3ccccc23)n1. The van der Waals surface area contributed by atoms with Crippen molar-refractivity contribution in [3.05, 3.63) is 83.4 Å². The van der Waals surface area contributed by atoms with Gasteiger partial charge in [0.05, 0.1) is 11.7 Å². The largest absolute Gasteiger partial charge is 0.361 e. The molecule has 4 aromatic rings. The highest BCUT2D eigenvalue weighted by molar-refractivity contribution is 5.84. The van der Waals surface area contributed by atoms with Gasteiger partial charge in [0.2, 0.25) is 5.91 Å². The maximum atomic E-state index is 13.2. The van der Waals surface area contributed by atoms with Crippen LogP contribution in [-0.2, 0) is 11.2 Å². The molecular formula is C27H29N5O. The van der Waals surface area contributed by atoms with Crippen molar-refractivity contribution in [3.8, 4) is 0 Å². The lowest BCUT2D eigenvalue weighted by molar-refractivity contribution is -0.132. The summed E-state index contributed by atoms with van der Waals surface area (Å²) in [5.41, 5.74) is 6.23. The van der Waals surface area contributed by atoms with Crippen LogP contribution in [0.2, 0.25) is 0 Å². The van der Waals surface area contributed by atoms with Crippen molar-refractivity contribution < 1.29 is 4.79 Å². The van der Waals surface area contributed by atoms with Gasteiger partial charge < -0.3 is 15.2 Å². The number of amides is 1. The number of hydrogen-bond acceptors (Lipinski definition) is 4. The van der Waals surface area contributed by atoms with Crippen molar-refractivity contribution >= 4 is 28.3 Å². The number of aromatic amines is 1. The lowest BCUT2D eigenvalue weighted by atomic mass is 10.1. The van der Waals surface area contributed by atoms with E-state index in [1.165, 1.54) is 10.9 Å². The molecule has 6 nitrogen and oxygen atoms in total. The number of hydrogen-bond donors (Lipinski definition) is 2. The highest BCUT2D eigenvalue weighted by Crippen LogP contribution is 2.34. The summed E-state index contributed by atoms with van der Waals surface area (Å²) in [6, 6.07) is 16.3. The maximum Gasteiger partial charge on any atom is 0.223 e. The molecular weight excluding hydrogens is 410 g/mol. The maximum absolute atomic E-state index is 13.2. The monoisotopic (exact) mass is 439 g/mol. The first-order valence-corrected chi connectivity index (χ1v) is 11.6. The third-order valence-electron chi connectivity index (χ3n) is 6.44. The predicted molar refractivity (Wildman–Crippen MR) is 132 cm³/mol. The van der Waals surface area contributed by atoms with E-state index in [4.69, 9.17) is 4.98 Å². The molecule has 1 fully saturated rings. The summed E-state index contributed by atoms with van der Waals surface area (Å²) < 4.78 is 0. The standard InChI is InChI=1S/C27H29N5O/c1-18-7-5-13-28-27(18)31-21-15-19(2)30-24(16-21)25-10-6-14-32(25)26(33)12-11-20-17-29-23-9-4-3-8-22(20)23/h3-5,7-9,13,15-17,25,29H,6,10-12,14H2,1-2H3,(H,28,30,31). The summed E-state index contributed by atoms with van der Waals surface area (Å²) in [7, 11) is 0. The van der Waals surface area contributed by atoms with E-state index in [0.29, 0.717) is 6.42 Å². The summed E-state index contributed by atoms with van der Waals surface area (Å²) in [6.07, 6.45) is 6.99. The number of benzene rings is 1. The molecule has 1 atom stereocenters. The van der Waals surface area contributed by atoms with E-state index in [1.54, 1.807) is 6.20 Å². The third kappa shape index (κ3) is 4.46. The number of likely N-dealkylation sites (tertiary alicyclic amines) is 1. The second-order valence-corrected chi connectivity index (χ2v) is 8.82. The molecule has 6 heteroatoms. The molecule has 0 aliphatic carbocycles. The number of carbonyl (C=O) groups is 1. The number of aromatic nitrogens is 3. The predicted octanol–water partition coefficient (Wildman–Crippen LogP) is 5.61. The summed E-state index contributed by atoms with van der Waals surface area (Å²) in [5, 5.41) is 4.62. The van der Waals surface area contributed by atoms with Crippen molar-refractivity contribution in [2.45, 2.75) is 45.6 Å². The van der Waals surface area contributed by atoms with Crippen LogP contribution < -0.4 is 5.32 Å². The van der Waals surface area contributed by atoms with Gasteiger partial charge in [-0.2, -0.15) is 0 Å². The van der Waals surface area contributed by atoms with E-state index in [-0.39, 0.29) is 11.9 Å². The minimum absolute atomic E-state index is 0.0192. The summed E-state index contributed by atoms with van der Waals surface area (Å²) in [4.78, 5) is 27.8. The second kappa shape index (κ2) is 9.06. The van der Waals surface area contributed by atoms with Crippen LogP contribution in [0.1, 0.15) is 47.8 Å². The smallest absolute Gasteiger partial charge is 0.223 e. The molecule has 1 amide bonds. The molecule has 0 spiro atoms. The molecule has 168 valence electrons. The summed E-state index contributed by atoms with van der Waals surface area (Å²) in [6.45, 7) is 4.82. The molecule has 5 rings (SSSR count). The number of aryl methyl sites for hydroxylation is 3. The van der Waals surface area contributed by atoms with Gasteiger partial charge in [-0.1, -0.05) is 24.3 Å². The highest BCUT2D eigenvalue weighted by atomic mass is 16.2. The topological polar surface area (TPSA) is 73.9 Å². The van der Waals surface area contributed by atoms with E-state index in [9.17, 15) is 4.79 Å². The van der Waals surface area contributed by atoms with Crippen molar-refractivity contribution in [1.82, 2.24) is 19.9 Å². The van der Waals surface area contributed by atoms with Crippen LogP contribution >= 0.6 is 0 Å². The van der Waals surface area contributed by atoms with Crippen molar-refractivity contribution in [2.24, 2.45) is 0 Å². The average Bonchev–Trinajstić information content (AvgIpc) is 3.46. The van der Waals surface area contributed by atoms with Gasteiger partial charge in [-0.3, -0.25) is 9.78 Å². The first kappa shape index (κ1) is 21.2. The fourth-order valence-corrected chi connectivity index (χ4v) is 4.79. The van der Waals surface area contributed by atoms with E-state index >= 15 is 0 Å². The first-order chi connectivity index (χ1) is 16.1. The molecule has 1 unspecified atom stereocenters. The van der Waals surface area contributed by atoms with E-state index < -0.39 is 0 Å². The zero-order valence-electron chi connectivity index (χ0n) is 19.1. The van der Waals surface area contributed by atoms with Crippen molar-refractivity contribution in [1.29, 1.82) is 0 Å². The van der Waals surface area contributed by atoms with Gasteiger partial charge in [0, 0.05) is 47.6 Å². The van der Waals surface area contributed by atoms with Crippen LogP contribution in [-0.4, -0.2) is 32.3 Å². The zero-order valence-corrected chi connectivity index (χ0v) is 19.1. The van der Waals surface area contributed by atoms with Gasteiger partial charge >= 0.3 is 0 Å². The van der Waals surface area contributed by atoms with Crippen LogP contribution in [0.15, 0.2) is 60.9 Å². The number of nitrogens with one attached hydrogen (secondary N) is 2. The average molecular weight is 440 g/mol. The molecule has 2 N–H and O–H groups in total. The Morgan fingerprint density at radius 2 is 2.06 bits per heavy atom. The number of para-hydroxylation sites is 1. The molecule has 33 heavy (non-hydrogen) atoms. The van der Waals surface area contributed by atoms with Gasteiger partial charge in [0.15, 0.2) is 0 Å². The number of H-pyrrole nitrogens is 1. The van der Waals surface area contributed by atoms with E-state index in [0.717, 1.165) is 59.8 Å². The minimum Gasteiger partial charge on any atom is -0.361 e. The van der Waals surface area contributed by atoms with Crippen LogP contribution in [0.3, 0.4) is 0 Å². The molecule has 1 aliphatic rings. The Bertz CT molecular complexity index is 1290. The number of anilines is 2. The van der Waals surface area contributed by atoms with Crippen LogP contribution in [0.5, 0.6) is 0 Å². The minimum atomic E-state index is 0.0192. The number of nitrogens with zero attached hydrogens (tertiary/aromatic N) is 3. The van der Waals surface area contributed by atoms with Gasteiger partial charge in [-0.05, 0) is 68.5 Å². The number of carbonyl (C=O) groups excluding carboxylic acids is 1. The molecule has 3 aromatic heterocycles. The summed E-state index contributed by atoms with van der Waals surface area (Å²) >= 11 is 0. The highest BCUT2D eigenvalue weighted by Gasteiger charge is 2.31. The Hall–Kier alpha value is -3.67. The quantitative estimate of drug-likeness (QED) is 0.409. The Morgan fingerprint density at radius 3 is 2.94 bits per heavy atom. The van der Waals surface area contributed by atoms with Gasteiger partial charge in [0.1, 0.15) is 5.82 Å². The Morgan fingerprint density at radius 1 is 1.18 bits per heavy atom. The van der Waals surface area contributed by atoms with Gasteiger partial charge in [0.25, 0.3) is 0 Å². The molecule has 0 radical (unpaired) electrons. The van der Waals surface area contributed by atoms with Crippen molar-refractivity contribution in [3.63, 3.8) is 0 Å². The number of fused-ring (bicyclic) bond motifs is 1. The molecule has 1 aromatic carbocycles. The Kier molecular flexibility index (Phi) is 5.82. The van der Waals surface area contributed by atoms with Crippen molar-refractivity contribution in [2.75, 3.05) is 11.9 Å². The van der Waals surface area contributed by atoms with E-state index in [2.05, 4.69) is 33.5 Å². The first-order valence-electron chi connectivity index (χ1n) is 11.6. The third-order valence-corrected chi connectivity index (χ3v) is 6.44. The fourth-order valence-electron chi connectivity index (χ4n) is 4.79. The van der Waals surface area contributed by atoms with Crippen LogP contribution in [0.25, 0.3) is 10.9 Å². The molecule has 0 saturated carbocycles. The number of rotatable bonds is 6. The summed E-state index contributed by atoms with van der Waals surface area (Å²) in [5.74, 6) is 1.04. The number of pyridine rings is 2. The van der Waals surface area contributed by atoms with Gasteiger partial charge in [-0.15, -0.1) is 0 Å². The Balaban J connectivity index is 1.32. The fraction of sp³-hybridized carbons (Fsp3) is 0.296. The lowest BCUT2D eigenvalue weighted by Crippen LogP contribution is -2.31. The lowest BCUT2D eigenvalue weighted by Gasteiger charge is -2.25. The van der Waals surface area contributed by atoms with Crippen LogP contribution in [0.4, 0.5) is 11.5 Å². The van der Waals surface area contributed by atoms with E-state index in [1.807, 2.05) is 55.3 Å². The molecule has 1 saturated heterocycles. The van der Waals surface area contributed by atoms with Crippen LogP contribution in [0, 0.1) is 13.8 Å². The van der Waals surface area contributed by atoms with Gasteiger partial charge in [-0.25, -0.2) is 4.98 Å². The molecule has 4 heterocycles. The zero-order chi connectivity index (χ0) is 22.8. The molecule has 0 bridgehead atoms. The molecule has 1 aliphatic heterocycles. The second-order valence-electron chi connectivity index (χ2n) is 8.82.